The van der Waals surface area contributed by atoms with Gasteiger partial charge in [-0.05, 0) is 25.7 Å². The van der Waals surface area contributed by atoms with Crippen LogP contribution in [0.1, 0.15) is 38.5 Å². The van der Waals surface area contributed by atoms with Gasteiger partial charge in [0.15, 0.2) is 0 Å². The zero-order chi connectivity index (χ0) is 19.9. The van der Waals surface area contributed by atoms with E-state index in [2.05, 4.69) is 5.32 Å². The molecule has 0 aliphatic carbocycles. The molecule has 3 atom stereocenters. The standard InChI is InChI=1S/C15H24N4O7/c16-8(3-5-11(17)20)13(23)18-9(4-6-12(21)22)14(24)19-7-1-2-10(19)15(25)26/h8-10H,1-7,16H2,(H2,17,20)(H,18,23)(H,21,22)(H,25,26)/t8-,9-,10+/m0/s1. The number of aliphatic carboxylic acids is 2. The van der Waals surface area contributed by atoms with Crippen LogP contribution in [0, 0.1) is 0 Å². The van der Waals surface area contributed by atoms with Crippen LogP contribution >= 0.6 is 0 Å². The average molecular weight is 372 g/mol. The Bertz CT molecular complexity index is 580. The van der Waals surface area contributed by atoms with Gasteiger partial charge in [-0.3, -0.25) is 19.2 Å². The van der Waals surface area contributed by atoms with Gasteiger partial charge in [0.25, 0.3) is 0 Å². The highest BCUT2D eigenvalue weighted by atomic mass is 16.4. The zero-order valence-electron chi connectivity index (χ0n) is 14.2. The molecule has 0 aromatic heterocycles. The van der Waals surface area contributed by atoms with Gasteiger partial charge in [0.05, 0.1) is 6.04 Å². The molecule has 0 aromatic rings. The van der Waals surface area contributed by atoms with Crippen molar-refractivity contribution in [3.63, 3.8) is 0 Å². The van der Waals surface area contributed by atoms with E-state index in [-0.39, 0.29) is 25.8 Å². The number of hydrogen-bond donors (Lipinski definition) is 5. The first-order chi connectivity index (χ1) is 12.1. The zero-order valence-corrected chi connectivity index (χ0v) is 14.2. The molecule has 146 valence electrons. The van der Waals surface area contributed by atoms with Crippen molar-refractivity contribution in [2.45, 2.75) is 56.7 Å². The smallest absolute Gasteiger partial charge is 0.326 e. The van der Waals surface area contributed by atoms with Gasteiger partial charge in [-0.15, -0.1) is 0 Å². The number of carboxylic acids is 2. The lowest BCUT2D eigenvalue weighted by molar-refractivity contribution is -0.150. The van der Waals surface area contributed by atoms with Crippen molar-refractivity contribution in [3.05, 3.63) is 0 Å². The van der Waals surface area contributed by atoms with E-state index < -0.39 is 54.2 Å². The molecule has 1 rings (SSSR count). The van der Waals surface area contributed by atoms with Crippen molar-refractivity contribution in [3.8, 4) is 0 Å². The lowest BCUT2D eigenvalue weighted by atomic mass is 10.1. The molecule has 11 heteroatoms. The first-order valence-corrected chi connectivity index (χ1v) is 8.22. The quantitative estimate of drug-likeness (QED) is 0.290. The summed E-state index contributed by atoms with van der Waals surface area (Å²) >= 11 is 0. The van der Waals surface area contributed by atoms with Crippen LogP contribution in [-0.2, 0) is 24.0 Å². The molecule has 0 unspecified atom stereocenters. The van der Waals surface area contributed by atoms with Crippen molar-refractivity contribution < 1.29 is 34.2 Å². The minimum absolute atomic E-state index is 0.0253. The molecule has 7 N–H and O–H groups in total. The summed E-state index contributed by atoms with van der Waals surface area (Å²) in [6.07, 6.45) is 0.0569. The van der Waals surface area contributed by atoms with E-state index in [1.807, 2.05) is 0 Å². The number of nitrogens with two attached hydrogens (primary N) is 2. The highest BCUT2D eigenvalue weighted by molar-refractivity contribution is 5.92. The van der Waals surface area contributed by atoms with Crippen molar-refractivity contribution in [1.29, 1.82) is 0 Å². The molecule has 11 nitrogen and oxygen atoms in total. The van der Waals surface area contributed by atoms with Crippen LogP contribution in [0.5, 0.6) is 0 Å². The van der Waals surface area contributed by atoms with Gasteiger partial charge in [0.2, 0.25) is 17.7 Å². The molecule has 3 amide bonds. The van der Waals surface area contributed by atoms with Crippen molar-refractivity contribution in [2.75, 3.05) is 6.54 Å². The Hall–Kier alpha value is -2.69. The number of carboxylic acid groups (broad SMARTS) is 2. The molecule has 1 saturated heterocycles. The van der Waals surface area contributed by atoms with Crippen LogP contribution < -0.4 is 16.8 Å². The Kier molecular flexibility index (Phi) is 7.97. The van der Waals surface area contributed by atoms with Crippen LogP contribution in [0.4, 0.5) is 0 Å². The average Bonchev–Trinajstić information content (AvgIpc) is 3.05. The van der Waals surface area contributed by atoms with E-state index in [0.29, 0.717) is 12.8 Å². The van der Waals surface area contributed by atoms with Crippen molar-refractivity contribution in [2.24, 2.45) is 11.5 Å². The molecule has 0 radical (unpaired) electrons. The van der Waals surface area contributed by atoms with Gasteiger partial charge in [-0.25, -0.2) is 4.79 Å². The minimum atomic E-state index is -1.21. The predicted molar refractivity (Wildman–Crippen MR) is 87.6 cm³/mol. The number of hydrogen-bond acceptors (Lipinski definition) is 6. The predicted octanol–water partition coefficient (Wildman–Crippen LogP) is -2.00. The Morgan fingerprint density at radius 3 is 2.31 bits per heavy atom. The van der Waals surface area contributed by atoms with Crippen LogP contribution in [0.15, 0.2) is 0 Å². The van der Waals surface area contributed by atoms with E-state index in [4.69, 9.17) is 16.6 Å². The van der Waals surface area contributed by atoms with E-state index in [1.54, 1.807) is 0 Å². The Morgan fingerprint density at radius 1 is 1.12 bits per heavy atom. The van der Waals surface area contributed by atoms with Gasteiger partial charge >= 0.3 is 11.9 Å². The molecular formula is C15H24N4O7. The number of likely N-dealkylation sites (tertiary alicyclic amines) is 1. The summed E-state index contributed by atoms with van der Waals surface area (Å²) in [5.41, 5.74) is 10.6. The maximum Gasteiger partial charge on any atom is 0.326 e. The topological polar surface area (TPSA) is 193 Å². The Balaban J connectivity index is 2.81. The molecule has 26 heavy (non-hydrogen) atoms. The number of rotatable bonds is 10. The summed E-state index contributed by atoms with van der Waals surface area (Å²) in [4.78, 5) is 58.7. The van der Waals surface area contributed by atoms with Gasteiger partial charge in [-0.1, -0.05) is 0 Å². The van der Waals surface area contributed by atoms with E-state index in [9.17, 15) is 29.1 Å². The maximum atomic E-state index is 12.6. The fourth-order valence-corrected chi connectivity index (χ4v) is 2.72. The largest absolute Gasteiger partial charge is 0.481 e. The molecule has 0 spiro atoms. The van der Waals surface area contributed by atoms with E-state index in [0.717, 1.165) is 4.90 Å². The number of carbonyl (C=O) groups excluding carboxylic acids is 3. The molecule has 1 heterocycles. The first kappa shape index (κ1) is 21.4. The molecule has 1 aliphatic rings. The maximum absolute atomic E-state index is 12.6. The lowest BCUT2D eigenvalue weighted by Crippen LogP contribution is -2.54. The summed E-state index contributed by atoms with van der Waals surface area (Å²) in [6.45, 7) is 0.211. The molecular weight excluding hydrogens is 348 g/mol. The number of primary amides is 1. The highest BCUT2D eigenvalue weighted by Gasteiger charge is 2.38. The normalized spacial score (nSPS) is 18.8. The van der Waals surface area contributed by atoms with Gasteiger partial charge < -0.3 is 31.9 Å². The molecule has 1 aliphatic heterocycles. The van der Waals surface area contributed by atoms with Crippen LogP contribution in [0.25, 0.3) is 0 Å². The summed E-state index contributed by atoms with van der Waals surface area (Å²) < 4.78 is 0. The van der Waals surface area contributed by atoms with Crippen LogP contribution in [0.2, 0.25) is 0 Å². The Morgan fingerprint density at radius 2 is 1.77 bits per heavy atom. The SMILES string of the molecule is NC(=O)CC[C@H](N)C(=O)N[C@@H](CCC(=O)O)C(=O)N1CCC[C@@H]1C(=O)O. The number of nitrogens with zero attached hydrogens (tertiary/aromatic N) is 1. The van der Waals surface area contributed by atoms with Gasteiger partial charge in [-0.2, -0.15) is 0 Å². The third-order valence-corrected chi connectivity index (χ3v) is 4.12. The number of amides is 3. The third kappa shape index (κ3) is 6.31. The summed E-state index contributed by atoms with van der Waals surface area (Å²) in [5.74, 6) is -4.34. The van der Waals surface area contributed by atoms with Gasteiger partial charge in [0.1, 0.15) is 12.1 Å². The number of nitrogens with one attached hydrogen (secondary N) is 1. The Labute approximate surface area is 149 Å². The fourth-order valence-electron chi connectivity index (χ4n) is 2.72. The first-order valence-electron chi connectivity index (χ1n) is 8.22. The van der Waals surface area contributed by atoms with Crippen molar-refractivity contribution >= 4 is 29.7 Å². The second kappa shape index (κ2) is 9.70. The van der Waals surface area contributed by atoms with Crippen molar-refractivity contribution in [1.82, 2.24) is 10.2 Å². The summed E-state index contributed by atoms with van der Waals surface area (Å²) in [7, 11) is 0. The fraction of sp³-hybridized carbons (Fsp3) is 0.667. The second-order valence-corrected chi connectivity index (χ2v) is 6.13. The van der Waals surface area contributed by atoms with Crippen LogP contribution in [-0.4, -0.2) is 69.4 Å². The summed E-state index contributed by atoms with van der Waals surface area (Å²) in [5, 5.41) is 20.4. The minimum Gasteiger partial charge on any atom is -0.481 e. The molecule has 0 saturated carbocycles. The van der Waals surface area contributed by atoms with Gasteiger partial charge in [0, 0.05) is 19.4 Å². The third-order valence-electron chi connectivity index (χ3n) is 4.12. The van der Waals surface area contributed by atoms with E-state index >= 15 is 0 Å². The highest BCUT2D eigenvalue weighted by Crippen LogP contribution is 2.19. The molecule has 0 bridgehead atoms. The summed E-state index contributed by atoms with van der Waals surface area (Å²) in [6, 6.07) is -3.31. The monoisotopic (exact) mass is 372 g/mol. The second-order valence-electron chi connectivity index (χ2n) is 6.13. The lowest BCUT2D eigenvalue weighted by Gasteiger charge is -2.27. The van der Waals surface area contributed by atoms with E-state index in [1.165, 1.54) is 0 Å². The van der Waals surface area contributed by atoms with Crippen LogP contribution in [0.3, 0.4) is 0 Å². The molecule has 1 fully saturated rings. The number of carbonyl (C=O) groups is 5. The molecule has 0 aromatic carbocycles.